The molecule has 0 radical (unpaired) electrons. The van der Waals surface area contributed by atoms with Crippen LogP contribution in [0.1, 0.15) is 11.5 Å². The molecule has 35 heavy (non-hydrogen) atoms. The zero-order valence-corrected chi connectivity index (χ0v) is 20.5. The first-order valence-corrected chi connectivity index (χ1v) is 13.0. The van der Waals surface area contributed by atoms with Crippen LogP contribution in [-0.2, 0) is 14.8 Å². The largest absolute Gasteiger partial charge is 0.346 e. The monoisotopic (exact) mass is 512 g/mol. The van der Waals surface area contributed by atoms with Crippen LogP contribution in [0.25, 0.3) is 10.2 Å². The number of nitrogens with zero attached hydrogens (tertiary/aromatic N) is 4. The molecule has 1 aliphatic rings. The van der Waals surface area contributed by atoms with E-state index in [-0.39, 0.29) is 28.4 Å². The highest BCUT2D eigenvalue weighted by molar-refractivity contribution is 7.92. The van der Waals surface area contributed by atoms with Gasteiger partial charge in [0, 0.05) is 30.5 Å². The fourth-order valence-corrected chi connectivity index (χ4v) is 5.75. The smallest absolute Gasteiger partial charge is 0.263 e. The molecule has 0 bridgehead atoms. The van der Waals surface area contributed by atoms with Gasteiger partial charge in [0.1, 0.15) is 17.5 Å². The van der Waals surface area contributed by atoms with Gasteiger partial charge in [-0.25, -0.2) is 27.8 Å². The molecule has 0 aliphatic carbocycles. The fraction of sp³-hybridized carbons (Fsp3) is 0.217. The Labute approximate surface area is 205 Å². The van der Waals surface area contributed by atoms with Gasteiger partial charge in [-0.2, -0.15) is 0 Å². The van der Waals surface area contributed by atoms with Crippen LogP contribution in [0.2, 0.25) is 0 Å². The highest BCUT2D eigenvalue weighted by Crippen LogP contribution is 2.33. The van der Waals surface area contributed by atoms with E-state index in [1.54, 1.807) is 38.1 Å². The number of sulfonamides is 1. The number of benzene rings is 2. The maximum atomic E-state index is 13.4. The number of fused-ring (bicyclic) bond motifs is 1. The van der Waals surface area contributed by atoms with Gasteiger partial charge >= 0.3 is 0 Å². The second-order valence-electron chi connectivity index (χ2n) is 8.27. The maximum absolute atomic E-state index is 13.4. The molecular weight excluding hydrogens is 491 g/mol. The number of anilines is 3. The molecule has 1 saturated heterocycles. The van der Waals surface area contributed by atoms with Crippen molar-refractivity contribution < 1.29 is 17.6 Å². The van der Waals surface area contributed by atoms with Crippen LogP contribution in [0.3, 0.4) is 0 Å². The van der Waals surface area contributed by atoms with Crippen LogP contribution in [0.5, 0.6) is 0 Å². The van der Waals surface area contributed by atoms with Gasteiger partial charge in [-0.3, -0.25) is 9.52 Å². The molecule has 0 unspecified atom stereocenters. The van der Waals surface area contributed by atoms with Gasteiger partial charge in [0.2, 0.25) is 5.91 Å². The van der Waals surface area contributed by atoms with Crippen molar-refractivity contribution in [3.63, 3.8) is 0 Å². The number of nitrogens with one attached hydrogen (secondary N) is 2. The summed E-state index contributed by atoms with van der Waals surface area (Å²) in [4.78, 5) is 27.4. The minimum Gasteiger partial charge on any atom is -0.346 e. The molecule has 0 spiro atoms. The van der Waals surface area contributed by atoms with E-state index in [1.165, 1.54) is 35.6 Å². The highest BCUT2D eigenvalue weighted by Gasteiger charge is 2.34. The summed E-state index contributed by atoms with van der Waals surface area (Å²) in [6.45, 7) is 4.44. The van der Waals surface area contributed by atoms with Crippen molar-refractivity contribution in [2.45, 2.75) is 18.7 Å². The minimum atomic E-state index is -3.84. The molecule has 180 valence electrons. The zero-order chi connectivity index (χ0) is 24.7. The molecule has 1 amide bonds. The maximum Gasteiger partial charge on any atom is 0.263 e. The van der Waals surface area contributed by atoms with Crippen LogP contribution in [-0.4, -0.2) is 42.4 Å². The summed E-state index contributed by atoms with van der Waals surface area (Å²) in [5.74, 6) is -0.0305. The van der Waals surface area contributed by atoms with E-state index in [0.717, 1.165) is 15.3 Å². The second kappa shape index (κ2) is 8.86. The fourth-order valence-electron chi connectivity index (χ4n) is 3.75. The summed E-state index contributed by atoms with van der Waals surface area (Å²) < 4.78 is 42.0. The second-order valence-corrected chi connectivity index (χ2v) is 11.0. The summed E-state index contributed by atoms with van der Waals surface area (Å²) >= 11 is 1.39. The van der Waals surface area contributed by atoms with Crippen LogP contribution in [0.4, 0.5) is 21.0 Å². The number of rotatable bonds is 6. The van der Waals surface area contributed by atoms with Crippen molar-refractivity contribution >= 4 is 54.1 Å². The summed E-state index contributed by atoms with van der Waals surface area (Å²) in [6.07, 6.45) is 0. The Morgan fingerprint density at radius 1 is 1.06 bits per heavy atom. The molecule has 12 heteroatoms. The van der Waals surface area contributed by atoms with E-state index in [2.05, 4.69) is 25.0 Å². The molecule has 1 fully saturated rings. The van der Waals surface area contributed by atoms with Crippen molar-refractivity contribution in [3.05, 3.63) is 65.9 Å². The Balaban J connectivity index is 1.19. The lowest BCUT2D eigenvalue weighted by atomic mass is 10.00. The van der Waals surface area contributed by atoms with Crippen molar-refractivity contribution in [1.29, 1.82) is 0 Å². The van der Waals surface area contributed by atoms with E-state index in [9.17, 15) is 17.6 Å². The Bertz CT molecular complexity index is 1510. The third kappa shape index (κ3) is 4.93. The molecule has 2 aromatic carbocycles. The first-order chi connectivity index (χ1) is 16.7. The van der Waals surface area contributed by atoms with E-state index >= 15 is 0 Å². The molecule has 9 nitrogen and oxygen atoms in total. The number of carbonyl (C=O) groups is 1. The van der Waals surface area contributed by atoms with Crippen LogP contribution >= 0.6 is 11.3 Å². The average Bonchev–Trinajstić information content (AvgIpc) is 3.14. The lowest BCUT2D eigenvalue weighted by molar-refractivity contribution is -0.120. The lowest BCUT2D eigenvalue weighted by Gasteiger charge is -2.37. The third-order valence-electron chi connectivity index (χ3n) is 5.50. The van der Waals surface area contributed by atoms with Gasteiger partial charge in [0.15, 0.2) is 5.13 Å². The molecule has 5 rings (SSSR count). The molecule has 0 saturated carbocycles. The van der Waals surface area contributed by atoms with Crippen molar-refractivity contribution in [2.75, 3.05) is 28.0 Å². The lowest BCUT2D eigenvalue weighted by Crippen LogP contribution is -2.52. The number of halogens is 1. The third-order valence-corrected chi connectivity index (χ3v) is 7.95. The van der Waals surface area contributed by atoms with Crippen LogP contribution in [0.15, 0.2) is 53.4 Å². The Morgan fingerprint density at radius 3 is 2.51 bits per heavy atom. The van der Waals surface area contributed by atoms with Crippen molar-refractivity contribution in [3.8, 4) is 0 Å². The topological polar surface area (TPSA) is 117 Å². The van der Waals surface area contributed by atoms with Gasteiger partial charge in [-0.1, -0.05) is 11.3 Å². The van der Waals surface area contributed by atoms with Crippen molar-refractivity contribution in [2.24, 2.45) is 5.92 Å². The van der Waals surface area contributed by atoms with E-state index in [4.69, 9.17) is 0 Å². The van der Waals surface area contributed by atoms with Crippen LogP contribution in [0, 0.1) is 25.6 Å². The molecule has 1 aliphatic heterocycles. The van der Waals surface area contributed by atoms with Gasteiger partial charge in [0.25, 0.3) is 10.0 Å². The number of carbonyl (C=O) groups excluding carboxylic acids is 1. The van der Waals surface area contributed by atoms with Gasteiger partial charge < -0.3 is 10.2 Å². The number of hydrogen-bond acceptors (Lipinski definition) is 8. The Hall–Kier alpha value is -3.64. The van der Waals surface area contributed by atoms with Crippen LogP contribution < -0.4 is 14.9 Å². The average molecular weight is 513 g/mol. The zero-order valence-electron chi connectivity index (χ0n) is 18.8. The predicted octanol–water partition coefficient (Wildman–Crippen LogP) is 3.72. The minimum absolute atomic E-state index is 0.0477. The molecular formula is C23H21FN6O3S2. The standard InChI is InChI=1S/C23H21FN6O3S2/c1-13-9-21(26-14(2)25-13)29-35(32,33)18-6-4-17(5-7-18)27-22(31)15-11-30(12-15)23-28-19-8-3-16(24)10-20(19)34-23/h3-10,15H,11-12H2,1-2H3,(H,27,31)(H,25,26,29). The molecule has 2 N–H and O–H groups in total. The number of aryl methyl sites for hydroxylation is 2. The first kappa shape index (κ1) is 23.1. The van der Waals surface area contributed by atoms with Gasteiger partial charge in [-0.05, 0) is 56.3 Å². The molecule has 0 atom stereocenters. The summed E-state index contributed by atoms with van der Waals surface area (Å²) in [7, 11) is -3.84. The van der Waals surface area contributed by atoms with Gasteiger partial charge in [0.05, 0.1) is 21.0 Å². The number of thiazole rings is 1. The normalized spacial score (nSPS) is 14.1. The van der Waals surface area contributed by atoms with E-state index in [1.807, 2.05) is 4.90 Å². The molecule has 3 heterocycles. The summed E-state index contributed by atoms with van der Waals surface area (Å²) in [5, 5.41) is 3.58. The number of amides is 1. The quantitative estimate of drug-likeness (QED) is 0.404. The summed E-state index contributed by atoms with van der Waals surface area (Å²) in [5.41, 5.74) is 1.88. The Kier molecular flexibility index (Phi) is 5.85. The first-order valence-electron chi connectivity index (χ1n) is 10.7. The van der Waals surface area contributed by atoms with Crippen molar-refractivity contribution in [1.82, 2.24) is 15.0 Å². The molecule has 4 aromatic rings. The van der Waals surface area contributed by atoms with E-state index in [0.29, 0.717) is 30.3 Å². The highest BCUT2D eigenvalue weighted by atomic mass is 32.2. The van der Waals surface area contributed by atoms with Gasteiger partial charge in [-0.15, -0.1) is 0 Å². The SMILES string of the molecule is Cc1cc(NS(=O)(=O)c2ccc(NC(=O)C3CN(c4nc5ccc(F)cc5s4)C3)cc2)nc(C)n1. The Morgan fingerprint density at radius 2 is 1.80 bits per heavy atom. The van der Waals surface area contributed by atoms with E-state index < -0.39 is 10.0 Å². The number of aromatic nitrogens is 3. The number of hydrogen-bond donors (Lipinski definition) is 2. The predicted molar refractivity (Wildman–Crippen MR) is 133 cm³/mol. The summed E-state index contributed by atoms with van der Waals surface area (Å²) in [6, 6.07) is 12.0. The molecule has 2 aromatic heterocycles.